The van der Waals surface area contributed by atoms with Gasteiger partial charge in [0.15, 0.2) is 0 Å². The summed E-state index contributed by atoms with van der Waals surface area (Å²) in [5.74, 6) is 0.741. The van der Waals surface area contributed by atoms with Crippen LogP contribution in [-0.2, 0) is 9.59 Å². The minimum atomic E-state index is -0.607. The number of halogens is 1. The van der Waals surface area contributed by atoms with Crippen LogP contribution in [0.5, 0.6) is 0 Å². The second kappa shape index (κ2) is 9.48. The summed E-state index contributed by atoms with van der Waals surface area (Å²) >= 11 is 0. The van der Waals surface area contributed by atoms with Crippen molar-refractivity contribution in [1.82, 2.24) is 16.0 Å². The van der Waals surface area contributed by atoms with E-state index in [1.54, 1.807) is 0 Å². The number of amides is 2. The average molecular weight is 348 g/mol. The molecule has 1 saturated heterocycles. The van der Waals surface area contributed by atoms with E-state index in [9.17, 15) is 9.59 Å². The van der Waals surface area contributed by atoms with E-state index in [4.69, 9.17) is 0 Å². The number of carbonyl (C=O) groups excluding carboxylic acids is 2. The van der Waals surface area contributed by atoms with Crippen LogP contribution in [0.1, 0.15) is 54.4 Å². The molecule has 2 amide bonds. The second-order valence-electron chi connectivity index (χ2n) is 7.49. The predicted octanol–water partition coefficient (Wildman–Crippen LogP) is 2.10. The Labute approximate surface area is 147 Å². The smallest absolute Gasteiger partial charge is 0.228 e. The highest BCUT2D eigenvalue weighted by Gasteiger charge is 2.43. The third kappa shape index (κ3) is 6.30. The standard InChI is InChI=1S/C17H33N3O2.ClH/c1-11(2)13(5)19-15(21)9-17(7-8-18-10-17)16(22)20-14(6)12(3)4;/h11-14,18H,7-10H2,1-6H3,(H,19,21)(H,20,22);1H. The van der Waals surface area contributed by atoms with E-state index in [-0.39, 0.29) is 42.7 Å². The van der Waals surface area contributed by atoms with Gasteiger partial charge in [-0.15, -0.1) is 12.4 Å². The SMILES string of the molecule is CC(C)C(C)NC(=O)CC1(C(=O)NC(C)C(C)C)CCNC1.Cl. The molecule has 136 valence electrons. The van der Waals surface area contributed by atoms with E-state index in [1.807, 2.05) is 13.8 Å². The van der Waals surface area contributed by atoms with Gasteiger partial charge in [0.1, 0.15) is 0 Å². The van der Waals surface area contributed by atoms with Gasteiger partial charge in [-0.3, -0.25) is 9.59 Å². The van der Waals surface area contributed by atoms with Crippen molar-refractivity contribution < 1.29 is 9.59 Å². The molecule has 0 aromatic heterocycles. The Morgan fingerprint density at radius 2 is 1.52 bits per heavy atom. The lowest BCUT2D eigenvalue weighted by molar-refractivity contribution is -0.136. The van der Waals surface area contributed by atoms with E-state index >= 15 is 0 Å². The van der Waals surface area contributed by atoms with Crippen LogP contribution < -0.4 is 16.0 Å². The molecule has 1 aliphatic heterocycles. The number of hydrogen-bond donors (Lipinski definition) is 3. The fraction of sp³-hybridized carbons (Fsp3) is 0.882. The number of hydrogen-bond acceptors (Lipinski definition) is 3. The fourth-order valence-electron chi connectivity index (χ4n) is 2.47. The summed E-state index contributed by atoms with van der Waals surface area (Å²) in [4.78, 5) is 25.0. The first-order chi connectivity index (χ1) is 10.2. The molecule has 3 unspecified atom stereocenters. The highest BCUT2D eigenvalue weighted by molar-refractivity contribution is 5.89. The molecule has 0 saturated carbocycles. The summed E-state index contributed by atoms with van der Waals surface area (Å²) < 4.78 is 0. The van der Waals surface area contributed by atoms with E-state index in [0.717, 1.165) is 6.54 Å². The molecule has 5 nitrogen and oxygen atoms in total. The molecule has 3 N–H and O–H groups in total. The topological polar surface area (TPSA) is 70.2 Å². The van der Waals surface area contributed by atoms with Crippen molar-refractivity contribution in [3.05, 3.63) is 0 Å². The van der Waals surface area contributed by atoms with E-state index in [2.05, 4.69) is 43.6 Å². The van der Waals surface area contributed by atoms with Crippen LogP contribution in [0.25, 0.3) is 0 Å². The summed E-state index contributed by atoms with van der Waals surface area (Å²) in [6.45, 7) is 13.7. The van der Waals surface area contributed by atoms with Crippen molar-refractivity contribution in [3.63, 3.8) is 0 Å². The van der Waals surface area contributed by atoms with Gasteiger partial charge < -0.3 is 16.0 Å². The van der Waals surface area contributed by atoms with Crippen molar-refractivity contribution in [2.24, 2.45) is 17.3 Å². The van der Waals surface area contributed by atoms with Gasteiger partial charge in [0.2, 0.25) is 11.8 Å². The lowest BCUT2D eigenvalue weighted by Crippen LogP contribution is -2.50. The molecule has 0 radical (unpaired) electrons. The minimum Gasteiger partial charge on any atom is -0.353 e. The zero-order valence-corrected chi connectivity index (χ0v) is 16.2. The molecule has 0 aromatic carbocycles. The van der Waals surface area contributed by atoms with Crippen LogP contribution in [0.4, 0.5) is 0 Å². The Balaban J connectivity index is 0.00000484. The van der Waals surface area contributed by atoms with Gasteiger partial charge in [-0.1, -0.05) is 27.7 Å². The summed E-state index contributed by atoms with van der Waals surface area (Å²) in [6.07, 6.45) is 0.973. The zero-order chi connectivity index (χ0) is 16.9. The third-order valence-electron chi connectivity index (χ3n) is 4.97. The van der Waals surface area contributed by atoms with Crippen molar-refractivity contribution in [2.75, 3.05) is 13.1 Å². The molecule has 1 heterocycles. The maximum Gasteiger partial charge on any atom is 0.228 e. The van der Waals surface area contributed by atoms with Gasteiger partial charge in [0, 0.05) is 25.0 Å². The molecule has 0 aromatic rings. The number of carbonyl (C=O) groups is 2. The van der Waals surface area contributed by atoms with Crippen molar-refractivity contribution >= 4 is 24.2 Å². The molecule has 6 heteroatoms. The summed E-state index contributed by atoms with van der Waals surface area (Å²) in [5, 5.41) is 9.34. The molecule has 0 spiro atoms. The van der Waals surface area contributed by atoms with Crippen LogP contribution in [-0.4, -0.2) is 37.0 Å². The molecular formula is C17H34ClN3O2. The van der Waals surface area contributed by atoms with Crippen LogP contribution in [0.3, 0.4) is 0 Å². The molecule has 23 heavy (non-hydrogen) atoms. The first kappa shape index (κ1) is 22.2. The minimum absolute atomic E-state index is 0. The first-order valence-electron chi connectivity index (χ1n) is 8.49. The van der Waals surface area contributed by atoms with E-state index in [0.29, 0.717) is 24.8 Å². The van der Waals surface area contributed by atoms with Crippen molar-refractivity contribution in [3.8, 4) is 0 Å². The Morgan fingerprint density at radius 1 is 1.00 bits per heavy atom. The summed E-state index contributed by atoms with van der Waals surface area (Å²) in [6, 6.07) is 0.235. The zero-order valence-electron chi connectivity index (χ0n) is 15.4. The first-order valence-corrected chi connectivity index (χ1v) is 8.49. The van der Waals surface area contributed by atoms with Gasteiger partial charge >= 0.3 is 0 Å². The molecule has 3 atom stereocenters. The average Bonchev–Trinajstić information content (AvgIpc) is 2.87. The number of nitrogens with one attached hydrogen (secondary N) is 3. The van der Waals surface area contributed by atoms with Gasteiger partial charge in [0.05, 0.1) is 5.41 Å². The van der Waals surface area contributed by atoms with Crippen LogP contribution >= 0.6 is 12.4 Å². The van der Waals surface area contributed by atoms with Crippen molar-refractivity contribution in [2.45, 2.75) is 66.5 Å². The lowest BCUT2D eigenvalue weighted by atomic mass is 9.81. The third-order valence-corrected chi connectivity index (χ3v) is 4.97. The van der Waals surface area contributed by atoms with Gasteiger partial charge in [0.25, 0.3) is 0 Å². The predicted molar refractivity (Wildman–Crippen MR) is 96.7 cm³/mol. The molecular weight excluding hydrogens is 314 g/mol. The maximum atomic E-state index is 12.7. The normalized spacial score (nSPS) is 23.3. The van der Waals surface area contributed by atoms with Gasteiger partial charge in [-0.25, -0.2) is 0 Å². The lowest BCUT2D eigenvalue weighted by Gasteiger charge is -2.30. The van der Waals surface area contributed by atoms with Crippen LogP contribution in [0.15, 0.2) is 0 Å². The highest BCUT2D eigenvalue weighted by atomic mass is 35.5. The Morgan fingerprint density at radius 3 is 1.96 bits per heavy atom. The summed E-state index contributed by atoms with van der Waals surface area (Å²) in [7, 11) is 0. The second-order valence-corrected chi connectivity index (χ2v) is 7.49. The summed E-state index contributed by atoms with van der Waals surface area (Å²) in [5.41, 5.74) is -0.607. The molecule has 1 aliphatic rings. The van der Waals surface area contributed by atoms with E-state index in [1.165, 1.54) is 0 Å². The van der Waals surface area contributed by atoms with Crippen LogP contribution in [0.2, 0.25) is 0 Å². The molecule has 1 fully saturated rings. The Bertz CT molecular complexity index is 393. The maximum absolute atomic E-state index is 12.7. The molecule has 0 bridgehead atoms. The van der Waals surface area contributed by atoms with Gasteiger partial charge in [-0.2, -0.15) is 0 Å². The fourth-order valence-corrected chi connectivity index (χ4v) is 2.47. The van der Waals surface area contributed by atoms with E-state index < -0.39 is 5.41 Å². The number of rotatable bonds is 7. The molecule has 0 aliphatic carbocycles. The highest BCUT2D eigenvalue weighted by Crippen LogP contribution is 2.30. The molecule has 1 rings (SSSR count). The van der Waals surface area contributed by atoms with Crippen molar-refractivity contribution in [1.29, 1.82) is 0 Å². The Hall–Kier alpha value is -0.810. The Kier molecular flexibility index (Phi) is 9.14. The van der Waals surface area contributed by atoms with Gasteiger partial charge in [-0.05, 0) is 38.6 Å². The quantitative estimate of drug-likeness (QED) is 0.660. The van der Waals surface area contributed by atoms with Crippen LogP contribution in [0, 0.1) is 17.3 Å². The largest absolute Gasteiger partial charge is 0.353 e. The monoisotopic (exact) mass is 347 g/mol.